The lowest BCUT2D eigenvalue weighted by Crippen LogP contribution is -2.35. The van der Waals surface area contributed by atoms with E-state index in [4.69, 9.17) is 4.74 Å². The van der Waals surface area contributed by atoms with Crippen LogP contribution in [0.2, 0.25) is 0 Å². The molecule has 3 aliphatic rings. The Kier molecular flexibility index (Phi) is 5.09. The zero-order chi connectivity index (χ0) is 19.8. The van der Waals surface area contributed by atoms with Gasteiger partial charge in [-0.1, -0.05) is 18.2 Å². The smallest absolute Gasteiger partial charge is 0.120 e. The molecule has 3 atom stereocenters. The zero-order valence-corrected chi connectivity index (χ0v) is 17.4. The van der Waals surface area contributed by atoms with Crippen LogP contribution in [0.1, 0.15) is 55.3 Å². The van der Waals surface area contributed by atoms with Gasteiger partial charge < -0.3 is 9.84 Å². The molecule has 1 aromatic heterocycles. The Balaban J connectivity index is 1.26. The number of benzene rings is 1. The van der Waals surface area contributed by atoms with E-state index in [1.54, 1.807) is 0 Å². The van der Waals surface area contributed by atoms with Crippen molar-refractivity contribution < 1.29 is 9.84 Å². The van der Waals surface area contributed by atoms with E-state index in [9.17, 15) is 5.11 Å². The van der Waals surface area contributed by atoms with Crippen LogP contribution in [-0.4, -0.2) is 34.2 Å². The molecule has 29 heavy (non-hydrogen) atoms. The molecule has 5 rings (SSSR count). The van der Waals surface area contributed by atoms with Crippen molar-refractivity contribution >= 4 is 0 Å². The Bertz CT molecular complexity index is 846. The number of rotatable bonds is 5. The molecule has 4 nitrogen and oxygen atoms in total. The van der Waals surface area contributed by atoms with Gasteiger partial charge in [-0.05, 0) is 80.7 Å². The average molecular weight is 393 g/mol. The maximum atomic E-state index is 11.5. The molecule has 2 saturated carbocycles. The van der Waals surface area contributed by atoms with E-state index in [0.29, 0.717) is 12.0 Å². The molecule has 2 heterocycles. The van der Waals surface area contributed by atoms with E-state index >= 15 is 0 Å². The maximum absolute atomic E-state index is 11.5. The minimum atomic E-state index is -0.777. The molecule has 2 aliphatic carbocycles. The van der Waals surface area contributed by atoms with Crippen LogP contribution in [0, 0.1) is 18.8 Å². The quantitative estimate of drug-likeness (QED) is 0.817. The van der Waals surface area contributed by atoms with Crippen LogP contribution in [0.5, 0.6) is 5.75 Å². The van der Waals surface area contributed by atoms with Gasteiger partial charge in [0.1, 0.15) is 11.4 Å². The molecule has 3 fully saturated rings. The molecule has 0 radical (unpaired) electrons. The molecule has 1 saturated heterocycles. The van der Waals surface area contributed by atoms with Crippen LogP contribution < -0.4 is 4.74 Å². The fraction of sp³-hybridized carbons (Fsp3) is 0.560. The summed E-state index contributed by atoms with van der Waals surface area (Å²) in [6, 6.07) is 12.7. The summed E-state index contributed by atoms with van der Waals surface area (Å²) >= 11 is 0. The van der Waals surface area contributed by atoms with Gasteiger partial charge >= 0.3 is 0 Å². The number of pyridine rings is 1. The summed E-state index contributed by atoms with van der Waals surface area (Å²) in [5.41, 5.74) is 2.52. The van der Waals surface area contributed by atoms with Gasteiger partial charge in [-0.2, -0.15) is 0 Å². The standard InChI is InChI=1S/C25H32N2O2/c1-18-9-10-24(26-14-18)25(28)12-11-20-16-27(17-23(20)25)15-19-5-4-8-22(13-19)29-21-6-2-3-7-21/h4-5,8-10,13-14,20-21,23,28H,2-3,6-7,11-12,15-17H2,1H3/t20-,23+,25-/m0/s1. The molecule has 1 aromatic carbocycles. The first-order valence-electron chi connectivity index (χ1n) is 11.2. The average Bonchev–Trinajstić information content (AvgIpc) is 3.43. The van der Waals surface area contributed by atoms with Crippen molar-refractivity contribution in [3.05, 3.63) is 59.4 Å². The number of fused-ring (bicyclic) bond motifs is 1. The third-order valence-corrected chi connectivity index (χ3v) is 7.29. The topological polar surface area (TPSA) is 45.6 Å². The van der Waals surface area contributed by atoms with Crippen molar-refractivity contribution in [2.45, 2.75) is 63.7 Å². The summed E-state index contributed by atoms with van der Waals surface area (Å²) in [7, 11) is 0. The van der Waals surface area contributed by atoms with E-state index in [1.165, 1.54) is 31.2 Å². The van der Waals surface area contributed by atoms with Crippen molar-refractivity contribution in [3.8, 4) is 5.75 Å². The summed E-state index contributed by atoms with van der Waals surface area (Å²) in [6.45, 7) is 4.96. The van der Waals surface area contributed by atoms with Gasteiger partial charge in [0.25, 0.3) is 0 Å². The second-order valence-electron chi connectivity index (χ2n) is 9.42. The summed E-state index contributed by atoms with van der Waals surface area (Å²) in [5, 5.41) is 11.5. The van der Waals surface area contributed by atoms with E-state index in [0.717, 1.165) is 49.5 Å². The second-order valence-corrected chi connectivity index (χ2v) is 9.42. The predicted molar refractivity (Wildman–Crippen MR) is 114 cm³/mol. The van der Waals surface area contributed by atoms with Crippen molar-refractivity contribution in [3.63, 3.8) is 0 Å². The third-order valence-electron chi connectivity index (χ3n) is 7.29. The Morgan fingerprint density at radius 1 is 1.14 bits per heavy atom. The van der Waals surface area contributed by atoms with E-state index < -0.39 is 5.60 Å². The monoisotopic (exact) mass is 392 g/mol. The number of nitrogens with zero attached hydrogens (tertiary/aromatic N) is 2. The molecular weight excluding hydrogens is 360 g/mol. The van der Waals surface area contributed by atoms with E-state index in [1.807, 2.05) is 19.2 Å². The molecule has 0 bridgehead atoms. The fourth-order valence-corrected chi connectivity index (χ4v) is 5.73. The third kappa shape index (κ3) is 3.80. The lowest BCUT2D eigenvalue weighted by molar-refractivity contribution is -0.0108. The van der Waals surface area contributed by atoms with Gasteiger partial charge in [0, 0.05) is 31.7 Å². The summed E-state index contributed by atoms with van der Waals surface area (Å²) < 4.78 is 6.19. The van der Waals surface area contributed by atoms with Crippen LogP contribution in [0.15, 0.2) is 42.6 Å². The van der Waals surface area contributed by atoms with E-state index in [-0.39, 0.29) is 5.92 Å². The van der Waals surface area contributed by atoms with Crippen LogP contribution in [0.3, 0.4) is 0 Å². The minimum absolute atomic E-state index is 0.274. The molecule has 4 heteroatoms. The van der Waals surface area contributed by atoms with Gasteiger partial charge in [-0.25, -0.2) is 0 Å². The fourth-order valence-electron chi connectivity index (χ4n) is 5.73. The highest BCUT2D eigenvalue weighted by atomic mass is 16.5. The Morgan fingerprint density at radius 2 is 2.00 bits per heavy atom. The highest BCUT2D eigenvalue weighted by Gasteiger charge is 2.53. The maximum Gasteiger partial charge on any atom is 0.120 e. The predicted octanol–water partition coefficient (Wildman–Crippen LogP) is 4.44. The second kappa shape index (κ2) is 7.73. The van der Waals surface area contributed by atoms with Crippen LogP contribution >= 0.6 is 0 Å². The first-order valence-corrected chi connectivity index (χ1v) is 11.2. The SMILES string of the molecule is Cc1ccc([C@]2(O)CC[C@H]3CN(Cc4cccc(OC5CCCC5)c4)C[C@H]32)nc1. The number of aliphatic hydroxyl groups is 1. The van der Waals surface area contributed by atoms with Crippen molar-refractivity contribution in [1.82, 2.24) is 9.88 Å². The van der Waals surface area contributed by atoms with Crippen LogP contribution in [-0.2, 0) is 12.1 Å². The lowest BCUT2D eigenvalue weighted by atomic mass is 9.85. The molecule has 0 amide bonds. The highest BCUT2D eigenvalue weighted by Crippen LogP contribution is 2.50. The Hall–Kier alpha value is -1.91. The van der Waals surface area contributed by atoms with Crippen molar-refractivity contribution in [2.24, 2.45) is 11.8 Å². The molecule has 1 N–H and O–H groups in total. The highest BCUT2D eigenvalue weighted by molar-refractivity contribution is 5.29. The first kappa shape index (κ1) is 19.1. The number of likely N-dealkylation sites (tertiary alicyclic amines) is 1. The normalized spacial score (nSPS) is 30.0. The van der Waals surface area contributed by atoms with Crippen molar-refractivity contribution in [1.29, 1.82) is 0 Å². The summed E-state index contributed by atoms with van der Waals surface area (Å²) in [5.74, 6) is 1.84. The van der Waals surface area contributed by atoms with Gasteiger partial charge in [-0.15, -0.1) is 0 Å². The minimum Gasteiger partial charge on any atom is -0.490 e. The summed E-state index contributed by atoms with van der Waals surface area (Å²) in [4.78, 5) is 7.08. The molecule has 0 unspecified atom stereocenters. The molecule has 154 valence electrons. The largest absolute Gasteiger partial charge is 0.490 e. The molecular formula is C25H32N2O2. The molecule has 0 spiro atoms. The van der Waals surface area contributed by atoms with E-state index in [2.05, 4.69) is 40.2 Å². The zero-order valence-electron chi connectivity index (χ0n) is 17.4. The Morgan fingerprint density at radius 3 is 2.79 bits per heavy atom. The van der Waals surface area contributed by atoms with Gasteiger partial charge in [0.15, 0.2) is 0 Å². The number of ether oxygens (including phenoxy) is 1. The number of hydrogen-bond donors (Lipinski definition) is 1. The first-order chi connectivity index (χ1) is 14.1. The Labute approximate surface area is 173 Å². The molecule has 2 aromatic rings. The van der Waals surface area contributed by atoms with Crippen LogP contribution in [0.4, 0.5) is 0 Å². The van der Waals surface area contributed by atoms with Gasteiger partial charge in [0.05, 0.1) is 11.8 Å². The van der Waals surface area contributed by atoms with Crippen molar-refractivity contribution in [2.75, 3.05) is 13.1 Å². The lowest BCUT2D eigenvalue weighted by Gasteiger charge is -2.30. The van der Waals surface area contributed by atoms with Gasteiger partial charge in [-0.3, -0.25) is 9.88 Å². The number of hydrogen-bond acceptors (Lipinski definition) is 4. The summed E-state index contributed by atoms with van der Waals surface area (Å²) in [6.07, 6.45) is 9.14. The molecule has 1 aliphatic heterocycles. The number of aromatic nitrogens is 1. The number of aryl methyl sites for hydroxylation is 1. The van der Waals surface area contributed by atoms with Gasteiger partial charge in [0.2, 0.25) is 0 Å². The van der Waals surface area contributed by atoms with Crippen LogP contribution in [0.25, 0.3) is 0 Å².